The second-order valence-electron chi connectivity index (χ2n) is 5.60. The summed E-state index contributed by atoms with van der Waals surface area (Å²) in [6, 6.07) is 14.5. The van der Waals surface area contributed by atoms with Crippen molar-refractivity contribution in [3.8, 4) is 5.75 Å². The first-order valence-corrected chi connectivity index (χ1v) is 8.33. The van der Waals surface area contributed by atoms with Crippen LogP contribution in [0.15, 0.2) is 48.5 Å². The summed E-state index contributed by atoms with van der Waals surface area (Å²) in [5, 5.41) is 3.36. The van der Waals surface area contributed by atoms with Crippen LogP contribution < -0.4 is 15.0 Å². The number of carbonyl (C=O) groups excluding carboxylic acids is 2. The highest BCUT2D eigenvalue weighted by Crippen LogP contribution is 2.16. The lowest BCUT2D eigenvalue weighted by Crippen LogP contribution is -2.39. The molecule has 0 atom stereocenters. The summed E-state index contributed by atoms with van der Waals surface area (Å²) < 4.78 is 5.37. The number of nitrogens with zero attached hydrogens (tertiary/aromatic N) is 1. The molecule has 2 amide bonds. The Balaban J connectivity index is 1.79. The monoisotopic (exact) mass is 360 g/mol. The Bertz CT molecular complexity index is 714. The lowest BCUT2D eigenvalue weighted by atomic mass is 10.2. The van der Waals surface area contributed by atoms with Crippen LogP contribution in [-0.2, 0) is 9.59 Å². The average Bonchev–Trinajstić information content (AvgIpc) is 2.59. The van der Waals surface area contributed by atoms with Gasteiger partial charge in [0.1, 0.15) is 5.75 Å². The van der Waals surface area contributed by atoms with Gasteiger partial charge in [0.05, 0.1) is 0 Å². The molecule has 6 heteroatoms. The zero-order valence-electron chi connectivity index (χ0n) is 14.3. The molecule has 0 aliphatic carbocycles. The normalized spacial score (nSPS) is 10.2. The van der Waals surface area contributed by atoms with Crippen LogP contribution in [0.3, 0.4) is 0 Å². The molecule has 25 heavy (non-hydrogen) atoms. The van der Waals surface area contributed by atoms with E-state index in [0.717, 1.165) is 11.3 Å². The quantitative estimate of drug-likeness (QED) is 0.824. The van der Waals surface area contributed by atoms with Gasteiger partial charge in [-0.3, -0.25) is 9.59 Å². The summed E-state index contributed by atoms with van der Waals surface area (Å²) in [7, 11) is 0. The van der Waals surface area contributed by atoms with Gasteiger partial charge in [-0.05, 0) is 43.3 Å². The van der Waals surface area contributed by atoms with Crippen LogP contribution in [0.5, 0.6) is 5.75 Å². The minimum atomic E-state index is -0.248. The van der Waals surface area contributed by atoms with E-state index in [-0.39, 0.29) is 18.4 Å². The zero-order chi connectivity index (χ0) is 18.2. The van der Waals surface area contributed by atoms with Crippen LogP contribution in [0.2, 0.25) is 5.02 Å². The second kappa shape index (κ2) is 9.08. The highest BCUT2D eigenvalue weighted by Gasteiger charge is 2.11. The SMILES string of the molecule is CC(=O)N(CCNC(=O)COc1ccc(Cl)cc1)c1ccc(C)cc1. The molecule has 0 fully saturated rings. The van der Waals surface area contributed by atoms with Crippen molar-refractivity contribution in [2.45, 2.75) is 13.8 Å². The van der Waals surface area contributed by atoms with Crippen molar-refractivity contribution in [1.29, 1.82) is 0 Å². The molecule has 0 radical (unpaired) electrons. The maximum absolute atomic E-state index is 11.9. The van der Waals surface area contributed by atoms with Crippen molar-refractivity contribution >= 4 is 29.1 Å². The van der Waals surface area contributed by atoms with Gasteiger partial charge in [-0.1, -0.05) is 29.3 Å². The van der Waals surface area contributed by atoms with Crippen molar-refractivity contribution in [2.24, 2.45) is 0 Å². The van der Waals surface area contributed by atoms with E-state index >= 15 is 0 Å². The molecular formula is C19H21ClN2O3. The van der Waals surface area contributed by atoms with Gasteiger partial charge in [-0.15, -0.1) is 0 Å². The van der Waals surface area contributed by atoms with E-state index in [1.807, 2.05) is 31.2 Å². The van der Waals surface area contributed by atoms with Crippen LogP contribution in [0.25, 0.3) is 0 Å². The molecule has 0 unspecified atom stereocenters. The van der Waals surface area contributed by atoms with E-state index in [1.54, 1.807) is 29.2 Å². The molecule has 0 saturated heterocycles. The maximum atomic E-state index is 11.9. The number of amides is 2. The fourth-order valence-electron chi connectivity index (χ4n) is 2.23. The number of halogens is 1. The number of rotatable bonds is 7. The summed E-state index contributed by atoms with van der Waals surface area (Å²) in [6.45, 7) is 4.14. The van der Waals surface area contributed by atoms with Gasteiger partial charge in [0, 0.05) is 30.7 Å². The predicted octanol–water partition coefficient (Wildman–Crippen LogP) is 3.20. The van der Waals surface area contributed by atoms with Gasteiger partial charge in [0.2, 0.25) is 5.91 Å². The summed E-state index contributed by atoms with van der Waals surface area (Å²) >= 11 is 5.79. The van der Waals surface area contributed by atoms with E-state index < -0.39 is 0 Å². The van der Waals surface area contributed by atoms with E-state index in [1.165, 1.54) is 6.92 Å². The Morgan fingerprint density at radius 1 is 1.08 bits per heavy atom. The molecule has 0 bridgehead atoms. The summed E-state index contributed by atoms with van der Waals surface area (Å²) in [5.74, 6) is 0.252. The Morgan fingerprint density at radius 2 is 1.72 bits per heavy atom. The van der Waals surface area contributed by atoms with Gasteiger partial charge >= 0.3 is 0 Å². The summed E-state index contributed by atoms with van der Waals surface area (Å²) in [4.78, 5) is 25.3. The molecule has 0 aliphatic heterocycles. The van der Waals surface area contributed by atoms with E-state index in [4.69, 9.17) is 16.3 Å². The Morgan fingerprint density at radius 3 is 2.32 bits per heavy atom. The molecule has 132 valence electrons. The minimum Gasteiger partial charge on any atom is -0.484 e. The average molecular weight is 361 g/mol. The highest BCUT2D eigenvalue weighted by atomic mass is 35.5. The standard InChI is InChI=1S/C19H21ClN2O3/c1-14-3-7-17(8-4-14)22(15(2)23)12-11-21-19(24)13-25-18-9-5-16(20)6-10-18/h3-10H,11-13H2,1-2H3,(H,21,24). The molecule has 2 aromatic rings. The molecule has 1 N–H and O–H groups in total. The third kappa shape index (κ3) is 6.12. The molecule has 0 saturated carbocycles. The van der Waals surface area contributed by atoms with Gasteiger partial charge in [-0.25, -0.2) is 0 Å². The van der Waals surface area contributed by atoms with Crippen LogP contribution in [0, 0.1) is 6.92 Å². The number of benzene rings is 2. The Kier molecular flexibility index (Phi) is 6.83. The smallest absolute Gasteiger partial charge is 0.258 e. The first-order chi connectivity index (χ1) is 12.0. The minimum absolute atomic E-state index is 0.0736. The summed E-state index contributed by atoms with van der Waals surface area (Å²) in [5.41, 5.74) is 1.93. The first kappa shape index (κ1) is 18.8. The second-order valence-corrected chi connectivity index (χ2v) is 6.04. The highest BCUT2D eigenvalue weighted by molar-refractivity contribution is 6.30. The number of ether oxygens (including phenoxy) is 1. The molecule has 2 aromatic carbocycles. The van der Waals surface area contributed by atoms with Crippen molar-refractivity contribution < 1.29 is 14.3 Å². The number of hydrogen-bond donors (Lipinski definition) is 1. The Hall–Kier alpha value is -2.53. The zero-order valence-corrected chi connectivity index (χ0v) is 15.0. The van der Waals surface area contributed by atoms with Gasteiger partial charge in [0.25, 0.3) is 5.91 Å². The third-order valence-electron chi connectivity index (χ3n) is 3.57. The van der Waals surface area contributed by atoms with Crippen molar-refractivity contribution in [3.63, 3.8) is 0 Å². The number of hydrogen-bond acceptors (Lipinski definition) is 3. The van der Waals surface area contributed by atoms with Crippen LogP contribution in [0.1, 0.15) is 12.5 Å². The van der Waals surface area contributed by atoms with Gasteiger partial charge < -0.3 is 15.0 Å². The van der Waals surface area contributed by atoms with E-state index in [2.05, 4.69) is 5.32 Å². The van der Waals surface area contributed by atoms with Crippen molar-refractivity contribution in [1.82, 2.24) is 5.32 Å². The molecule has 0 heterocycles. The number of anilines is 1. The van der Waals surface area contributed by atoms with Crippen LogP contribution in [-0.4, -0.2) is 31.5 Å². The molecule has 0 aromatic heterocycles. The largest absolute Gasteiger partial charge is 0.484 e. The van der Waals surface area contributed by atoms with E-state index in [9.17, 15) is 9.59 Å². The fraction of sp³-hybridized carbons (Fsp3) is 0.263. The molecule has 0 aliphatic rings. The first-order valence-electron chi connectivity index (χ1n) is 7.95. The Labute approximate surface area is 152 Å². The summed E-state index contributed by atoms with van der Waals surface area (Å²) in [6.07, 6.45) is 0. The van der Waals surface area contributed by atoms with Crippen molar-refractivity contribution in [2.75, 3.05) is 24.6 Å². The van der Waals surface area contributed by atoms with E-state index in [0.29, 0.717) is 23.9 Å². The van der Waals surface area contributed by atoms with Crippen LogP contribution >= 0.6 is 11.6 Å². The van der Waals surface area contributed by atoms with Crippen molar-refractivity contribution in [3.05, 3.63) is 59.1 Å². The van der Waals surface area contributed by atoms with Gasteiger partial charge in [-0.2, -0.15) is 0 Å². The fourth-order valence-corrected chi connectivity index (χ4v) is 2.36. The molecule has 5 nitrogen and oxygen atoms in total. The number of nitrogens with one attached hydrogen (secondary N) is 1. The number of aryl methyl sites for hydroxylation is 1. The predicted molar refractivity (Wildman–Crippen MR) is 99.2 cm³/mol. The topological polar surface area (TPSA) is 58.6 Å². The maximum Gasteiger partial charge on any atom is 0.258 e. The van der Waals surface area contributed by atoms with Gasteiger partial charge in [0.15, 0.2) is 6.61 Å². The lowest BCUT2D eigenvalue weighted by Gasteiger charge is -2.21. The molecule has 0 spiro atoms. The molecule has 2 rings (SSSR count). The molecular weight excluding hydrogens is 340 g/mol. The number of carbonyl (C=O) groups is 2. The lowest BCUT2D eigenvalue weighted by molar-refractivity contribution is -0.123. The third-order valence-corrected chi connectivity index (χ3v) is 3.82. The van der Waals surface area contributed by atoms with Crippen LogP contribution in [0.4, 0.5) is 5.69 Å².